The lowest BCUT2D eigenvalue weighted by Gasteiger charge is -2.43. The second-order valence-electron chi connectivity index (χ2n) is 6.95. The quantitative estimate of drug-likeness (QED) is 0.375. The fourth-order valence-electron chi connectivity index (χ4n) is 3.63. The summed E-state index contributed by atoms with van der Waals surface area (Å²) >= 11 is 5.60. The summed E-state index contributed by atoms with van der Waals surface area (Å²) in [5, 5.41) is 0. The van der Waals surface area contributed by atoms with E-state index in [-0.39, 0.29) is 5.91 Å². The number of nitrogens with zero attached hydrogens (tertiary/aromatic N) is 1. The molecular formula is C21H19NOS3. The molecule has 0 N–H and O–H groups in total. The molecule has 4 rings (SSSR count). The molecule has 0 unspecified atom stereocenters. The van der Waals surface area contributed by atoms with E-state index in [2.05, 4.69) is 32.0 Å². The SMILES string of the molecule is CC1(C)c2ssc(=S)c2-c2ccccc2N1C(=O)CCc1ccccc1. The Labute approximate surface area is 166 Å². The van der Waals surface area contributed by atoms with Gasteiger partial charge in [0.1, 0.15) is 3.82 Å². The van der Waals surface area contributed by atoms with Gasteiger partial charge < -0.3 is 4.90 Å². The summed E-state index contributed by atoms with van der Waals surface area (Å²) in [4.78, 5) is 16.4. The third kappa shape index (κ3) is 2.84. The number of benzene rings is 2. The maximum Gasteiger partial charge on any atom is 0.228 e. The van der Waals surface area contributed by atoms with E-state index in [1.165, 1.54) is 10.4 Å². The van der Waals surface area contributed by atoms with Crippen LogP contribution >= 0.6 is 32.9 Å². The molecule has 5 heteroatoms. The Bertz CT molecular complexity index is 1020. The van der Waals surface area contributed by atoms with Gasteiger partial charge in [-0.15, -0.1) is 0 Å². The van der Waals surface area contributed by atoms with E-state index in [9.17, 15) is 4.79 Å². The van der Waals surface area contributed by atoms with Crippen LogP contribution in [-0.2, 0) is 16.8 Å². The van der Waals surface area contributed by atoms with Crippen molar-refractivity contribution in [1.29, 1.82) is 0 Å². The molecule has 1 aliphatic heterocycles. The molecule has 1 aromatic heterocycles. The second-order valence-corrected chi connectivity index (χ2v) is 9.77. The first-order valence-corrected chi connectivity index (χ1v) is 11.2. The van der Waals surface area contributed by atoms with Crippen LogP contribution in [0.15, 0.2) is 54.6 Å². The van der Waals surface area contributed by atoms with Crippen molar-refractivity contribution in [2.45, 2.75) is 32.2 Å². The number of fused-ring (bicyclic) bond motifs is 3. The highest BCUT2D eigenvalue weighted by Gasteiger charge is 2.42. The van der Waals surface area contributed by atoms with Crippen LogP contribution in [0.1, 0.15) is 30.7 Å². The van der Waals surface area contributed by atoms with Crippen LogP contribution in [0.25, 0.3) is 11.1 Å². The summed E-state index contributed by atoms with van der Waals surface area (Å²) < 4.78 is 0.918. The predicted octanol–water partition coefficient (Wildman–Crippen LogP) is 6.42. The average molecular weight is 398 g/mol. The van der Waals surface area contributed by atoms with Crippen LogP contribution in [0.2, 0.25) is 0 Å². The van der Waals surface area contributed by atoms with Gasteiger partial charge in [0.05, 0.1) is 16.1 Å². The van der Waals surface area contributed by atoms with Gasteiger partial charge >= 0.3 is 0 Å². The zero-order valence-electron chi connectivity index (χ0n) is 14.7. The van der Waals surface area contributed by atoms with Crippen LogP contribution in [0.3, 0.4) is 0 Å². The molecule has 0 radical (unpaired) electrons. The van der Waals surface area contributed by atoms with Gasteiger partial charge in [0, 0.05) is 17.5 Å². The predicted molar refractivity (Wildman–Crippen MR) is 114 cm³/mol. The number of para-hydroxylation sites is 1. The number of hydrogen-bond donors (Lipinski definition) is 0. The largest absolute Gasteiger partial charge is 0.301 e. The Morgan fingerprint density at radius 2 is 1.73 bits per heavy atom. The first-order chi connectivity index (χ1) is 12.5. The van der Waals surface area contributed by atoms with Crippen LogP contribution in [0.5, 0.6) is 0 Å². The molecule has 132 valence electrons. The van der Waals surface area contributed by atoms with Gasteiger partial charge in [-0.25, -0.2) is 0 Å². The fourth-order valence-corrected chi connectivity index (χ4v) is 6.91. The maximum atomic E-state index is 13.3. The molecule has 0 spiro atoms. The summed E-state index contributed by atoms with van der Waals surface area (Å²) in [6.45, 7) is 4.25. The second kappa shape index (κ2) is 6.72. The molecular weight excluding hydrogens is 378 g/mol. The third-order valence-corrected chi connectivity index (χ3v) is 8.21. The molecule has 0 bridgehead atoms. The average Bonchev–Trinajstić information content (AvgIpc) is 3.04. The highest BCUT2D eigenvalue weighted by atomic mass is 32.9. The highest BCUT2D eigenvalue weighted by Crippen LogP contribution is 2.52. The maximum absolute atomic E-state index is 13.3. The van der Waals surface area contributed by atoms with E-state index in [1.807, 2.05) is 41.3 Å². The molecule has 0 saturated heterocycles. The number of hydrogen-bond acceptors (Lipinski definition) is 4. The monoisotopic (exact) mass is 397 g/mol. The topological polar surface area (TPSA) is 20.3 Å². The summed E-state index contributed by atoms with van der Waals surface area (Å²) in [7, 11) is 3.33. The van der Waals surface area contributed by atoms with Crippen LogP contribution in [0.4, 0.5) is 5.69 Å². The summed E-state index contributed by atoms with van der Waals surface area (Å²) in [5.41, 5.74) is 3.99. The molecule has 3 aromatic rings. The van der Waals surface area contributed by atoms with E-state index in [1.54, 1.807) is 20.7 Å². The van der Waals surface area contributed by atoms with E-state index in [4.69, 9.17) is 12.2 Å². The Kier molecular flexibility index (Phi) is 4.55. The van der Waals surface area contributed by atoms with Gasteiger partial charge in [-0.2, -0.15) is 0 Å². The minimum atomic E-state index is -0.393. The summed E-state index contributed by atoms with van der Waals surface area (Å²) in [6.07, 6.45) is 1.24. The van der Waals surface area contributed by atoms with Crippen molar-refractivity contribution in [3.63, 3.8) is 0 Å². The first kappa shape index (κ1) is 17.6. The molecule has 0 aliphatic carbocycles. The minimum Gasteiger partial charge on any atom is -0.301 e. The van der Waals surface area contributed by atoms with Gasteiger partial charge in [-0.1, -0.05) is 81.4 Å². The highest BCUT2D eigenvalue weighted by molar-refractivity contribution is 7.80. The number of anilines is 1. The van der Waals surface area contributed by atoms with Gasteiger partial charge in [-0.05, 0) is 31.9 Å². The van der Waals surface area contributed by atoms with Crippen molar-refractivity contribution in [2.24, 2.45) is 0 Å². The molecule has 2 nitrogen and oxygen atoms in total. The van der Waals surface area contributed by atoms with Crippen molar-refractivity contribution < 1.29 is 4.79 Å². The summed E-state index contributed by atoms with van der Waals surface area (Å²) in [5.74, 6) is 0.154. The minimum absolute atomic E-state index is 0.154. The van der Waals surface area contributed by atoms with E-state index < -0.39 is 5.54 Å². The zero-order chi connectivity index (χ0) is 18.3. The Morgan fingerprint density at radius 1 is 1.04 bits per heavy atom. The normalized spacial score (nSPS) is 14.6. The third-order valence-electron chi connectivity index (χ3n) is 4.88. The van der Waals surface area contributed by atoms with Crippen molar-refractivity contribution >= 4 is 44.5 Å². The number of carbonyl (C=O) groups is 1. The Balaban J connectivity index is 1.74. The summed E-state index contributed by atoms with van der Waals surface area (Å²) in [6, 6.07) is 18.3. The van der Waals surface area contributed by atoms with Crippen LogP contribution in [0, 0.1) is 3.82 Å². The smallest absolute Gasteiger partial charge is 0.228 e. The van der Waals surface area contributed by atoms with E-state index in [0.29, 0.717) is 6.42 Å². The van der Waals surface area contributed by atoms with Crippen LogP contribution in [-0.4, -0.2) is 5.91 Å². The van der Waals surface area contributed by atoms with Crippen molar-refractivity contribution in [2.75, 3.05) is 4.90 Å². The first-order valence-electron chi connectivity index (χ1n) is 8.60. The lowest BCUT2D eigenvalue weighted by Crippen LogP contribution is -2.47. The molecule has 0 saturated carbocycles. The van der Waals surface area contributed by atoms with Gasteiger partial charge in [0.2, 0.25) is 5.91 Å². The van der Waals surface area contributed by atoms with Gasteiger partial charge in [0.25, 0.3) is 0 Å². The van der Waals surface area contributed by atoms with Gasteiger partial charge in [-0.3, -0.25) is 4.79 Å². The molecule has 26 heavy (non-hydrogen) atoms. The number of aryl methyl sites for hydroxylation is 1. The van der Waals surface area contributed by atoms with Crippen LogP contribution < -0.4 is 4.90 Å². The zero-order valence-corrected chi connectivity index (χ0v) is 17.1. The van der Waals surface area contributed by atoms with Crippen molar-refractivity contribution in [3.05, 3.63) is 68.9 Å². The molecule has 0 atom stereocenters. The molecule has 2 heterocycles. The van der Waals surface area contributed by atoms with E-state index >= 15 is 0 Å². The lowest BCUT2D eigenvalue weighted by atomic mass is 9.87. The standard InChI is InChI=1S/C21H19NOS3/c1-21(2)19-18(20(24)26-25-19)15-10-6-7-11-16(15)22(21)17(23)13-12-14-8-4-3-5-9-14/h3-11H,12-13H2,1-2H3. The number of amides is 1. The Morgan fingerprint density at radius 3 is 2.50 bits per heavy atom. The van der Waals surface area contributed by atoms with Crippen molar-refractivity contribution in [3.8, 4) is 11.1 Å². The van der Waals surface area contributed by atoms with Gasteiger partial charge in [0.15, 0.2) is 0 Å². The molecule has 2 aromatic carbocycles. The van der Waals surface area contributed by atoms with Crippen molar-refractivity contribution in [1.82, 2.24) is 0 Å². The fraction of sp³-hybridized carbons (Fsp3) is 0.238. The molecule has 1 aliphatic rings. The number of carbonyl (C=O) groups excluding carboxylic acids is 1. The molecule has 1 amide bonds. The molecule has 0 fully saturated rings. The lowest BCUT2D eigenvalue weighted by molar-refractivity contribution is -0.119. The van der Waals surface area contributed by atoms with E-state index in [0.717, 1.165) is 27.1 Å². The Hall–Kier alpha value is -1.82. The number of rotatable bonds is 3.